The highest BCUT2D eigenvalue weighted by atomic mass is 79.9. The van der Waals surface area contributed by atoms with E-state index >= 15 is 0 Å². The molecule has 2 N–H and O–H groups in total. The molecule has 94 valence electrons. The van der Waals surface area contributed by atoms with Gasteiger partial charge in [-0.05, 0) is 40.9 Å². The summed E-state index contributed by atoms with van der Waals surface area (Å²) in [7, 11) is 0. The maximum absolute atomic E-state index is 13.2. The summed E-state index contributed by atoms with van der Waals surface area (Å²) >= 11 is 9.37. The molecular weight excluding hydrogens is 323 g/mol. The molecule has 1 fully saturated rings. The Morgan fingerprint density at radius 2 is 2.17 bits per heavy atom. The Labute approximate surface area is 116 Å². The van der Waals surface area contributed by atoms with E-state index in [2.05, 4.69) is 26.2 Å². The minimum Gasteiger partial charge on any atom is -0.381 e. The van der Waals surface area contributed by atoms with Crippen molar-refractivity contribution in [3.63, 3.8) is 0 Å². The molecular formula is C11H9BrClFN4. The van der Waals surface area contributed by atoms with E-state index < -0.39 is 5.82 Å². The van der Waals surface area contributed by atoms with Crippen molar-refractivity contribution in [2.45, 2.75) is 18.8 Å². The Balaban J connectivity index is 2.21. The maximum atomic E-state index is 13.2. The molecule has 1 aromatic carbocycles. The summed E-state index contributed by atoms with van der Waals surface area (Å²) in [6.07, 6.45) is 2.13. The number of rotatable bonds is 2. The molecule has 2 aromatic rings. The molecule has 0 atom stereocenters. The van der Waals surface area contributed by atoms with E-state index in [-0.39, 0.29) is 5.02 Å². The van der Waals surface area contributed by atoms with Crippen LogP contribution in [-0.4, -0.2) is 15.0 Å². The quantitative estimate of drug-likeness (QED) is 0.919. The average molecular weight is 332 g/mol. The third kappa shape index (κ3) is 1.89. The van der Waals surface area contributed by atoms with Crippen LogP contribution in [0.1, 0.15) is 24.5 Å². The SMILES string of the molecule is Nc1nnn(-c2c(Cl)cc(F)cc2Br)c1C1CC1. The third-order valence-electron chi connectivity index (χ3n) is 2.89. The van der Waals surface area contributed by atoms with Crippen LogP contribution in [0.15, 0.2) is 16.6 Å². The van der Waals surface area contributed by atoms with E-state index in [1.54, 1.807) is 4.68 Å². The van der Waals surface area contributed by atoms with Gasteiger partial charge in [0.05, 0.1) is 16.4 Å². The highest BCUT2D eigenvalue weighted by molar-refractivity contribution is 9.10. The second-order valence-electron chi connectivity index (χ2n) is 4.26. The Bertz CT molecular complexity index is 600. The van der Waals surface area contributed by atoms with Gasteiger partial charge < -0.3 is 5.73 Å². The summed E-state index contributed by atoms with van der Waals surface area (Å²) in [5.41, 5.74) is 7.25. The summed E-state index contributed by atoms with van der Waals surface area (Å²) in [5.74, 6) is 0.370. The van der Waals surface area contributed by atoms with Gasteiger partial charge in [0.1, 0.15) is 5.82 Å². The highest BCUT2D eigenvalue weighted by Crippen LogP contribution is 2.44. The number of nitrogens with two attached hydrogens (primary N) is 1. The number of nitrogens with zero attached hydrogens (tertiary/aromatic N) is 3. The van der Waals surface area contributed by atoms with Crippen molar-refractivity contribution in [3.05, 3.63) is 33.1 Å². The summed E-state index contributed by atoms with van der Waals surface area (Å²) in [4.78, 5) is 0. The van der Waals surface area contributed by atoms with Crippen LogP contribution in [0.25, 0.3) is 5.69 Å². The highest BCUT2D eigenvalue weighted by Gasteiger charge is 2.32. The minimum absolute atomic E-state index is 0.272. The summed E-state index contributed by atoms with van der Waals surface area (Å²) < 4.78 is 15.3. The largest absolute Gasteiger partial charge is 0.381 e. The van der Waals surface area contributed by atoms with Crippen molar-refractivity contribution in [1.82, 2.24) is 15.0 Å². The van der Waals surface area contributed by atoms with Gasteiger partial charge in [0, 0.05) is 10.4 Å². The van der Waals surface area contributed by atoms with E-state index in [1.165, 1.54) is 12.1 Å². The first-order valence-corrected chi connectivity index (χ1v) is 6.61. The molecule has 1 saturated carbocycles. The molecule has 7 heteroatoms. The van der Waals surface area contributed by atoms with Crippen molar-refractivity contribution < 1.29 is 4.39 Å². The standard InChI is InChI=1S/C11H9BrClFN4/c12-7-3-6(14)4-8(13)10(7)18-9(5-1-2-5)11(15)16-17-18/h3-5H,1-2,15H2. The van der Waals surface area contributed by atoms with Gasteiger partial charge in [-0.3, -0.25) is 0 Å². The molecule has 0 saturated heterocycles. The average Bonchev–Trinajstić information content (AvgIpc) is 3.03. The van der Waals surface area contributed by atoms with Gasteiger partial charge >= 0.3 is 0 Å². The molecule has 3 rings (SSSR count). The maximum Gasteiger partial charge on any atom is 0.169 e. The predicted octanol–water partition coefficient (Wildman–Crippen LogP) is 3.28. The smallest absolute Gasteiger partial charge is 0.169 e. The minimum atomic E-state index is -0.406. The Morgan fingerprint density at radius 3 is 2.78 bits per heavy atom. The van der Waals surface area contributed by atoms with Crippen molar-refractivity contribution in [2.75, 3.05) is 5.73 Å². The number of halogens is 3. The van der Waals surface area contributed by atoms with Gasteiger partial charge in [0.15, 0.2) is 5.82 Å². The van der Waals surface area contributed by atoms with Crippen LogP contribution in [0.3, 0.4) is 0 Å². The van der Waals surface area contributed by atoms with Gasteiger partial charge in [-0.25, -0.2) is 9.07 Å². The lowest BCUT2D eigenvalue weighted by molar-refractivity contribution is 0.625. The molecule has 0 unspecified atom stereocenters. The van der Waals surface area contributed by atoms with E-state index in [0.717, 1.165) is 18.5 Å². The van der Waals surface area contributed by atoms with Crippen LogP contribution >= 0.6 is 27.5 Å². The first-order valence-electron chi connectivity index (χ1n) is 5.44. The molecule has 1 aliphatic carbocycles. The zero-order valence-electron chi connectivity index (χ0n) is 9.20. The zero-order chi connectivity index (χ0) is 12.9. The number of benzene rings is 1. The van der Waals surface area contributed by atoms with Gasteiger partial charge in [-0.2, -0.15) is 0 Å². The molecule has 0 bridgehead atoms. The Morgan fingerprint density at radius 1 is 1.44 bits per heavy atom. The molecule has 4 nitrogen and oxygen atoms in total. The van der Waals surface area contributed by atoms with Crippen LogP contribution in [-0.2, 0) is 0 Å². The van der Waals surface area contributed by atoms with Crippen molar-refractivity contribution >= 4 is 33.3 Å². The normalized spacial score (nSPS) is 15.1. The lowest BCUT2D eigenvalue weighted by Crippen LogP contribution is -2.04. The molecule has 0 radical (unpaired) electrons. The van der Waals surface area contributed by atoms with Gasteiger partial charge in [-0.1, -0.05) is 16.8 Å². The first kappa shape index (κ1) is 11.9. The molecule has 1 aliphatic rings. The summed E-state index contributed by atoms with van der Waals surface area (Å²) in [5, 5.41) is 8.15. The predicted molar refractivity (Wildman–Crippen MR) is 70.4 cm³/mol. The number of anilines is 1. The lowest BCUT2D eigenvalue weighted by Gasteiger charge is -2.10. The van der Waals surface area contributed by atoms with Crippen LogP contribution in [0.5, 0.6) is 0 Å². The van der Waals surface area contributed by atoms with Crippen LogP contribution in [0.4, 0.5) is 10.2 Å². The third-order valence-corrected chi connectivity index (χ3v) is 3.78. The summed E-state index contributed by atoms with van der Waals surface area (Å²) in [6, 6.07) is 2.59. The number of hydrogen-bond donors (Lipinski definition) is 1. The topological polar surface area (TPSA) is 56.7 Å². The van der Waals surface area contributed by atoms with Crippen molar-refractivity contribution in [3.8, 4) is 5.69 Å². The van der Waals surface area contributed by atoms with E-state index in [4.69, 9.17) is 17.3 Å². The number of nitrogen functional groups attached to an aromatic ring is 1. The molecule has 0 spiro atoms. The van der Waals surface area contributed by atoms with Crippen molar-refractivity contribution in [1.29, 1.82) is 0 Å². The zero-order valence-corrected chi connectivity index (χ0v) is 11.5. The van der Waals surface area contributed by atoms with E-state index in [9.17, 15) is 4.39 Å². The fraction of sp³-hybridized carbons (Fsp3) is 0.273. The molecule has 18 heavy (non-hydrogen) atoms. The number of hydrogen-bond acceptors (Lipinski definition) is 3. The van der Waals surface area contributed by atoms with Crippen LogP contribution in [0, 0.1) is 5.82 Å². The second-order valence-corrected chi connectivity index (χ2v) is 5.53. The molecule has 1 heterocycles. The molecule has 1 aromatic heterocycles. The van der Waals surface area contributed by atoms with Crippen molar-refractivity contribution in [2.24, 2.45) is 0 Å². The van der Waals surface area contributed by atoms with Crippen LogP contribution in [0.2, 0.25) is 5.02 Å². The van der Waals surface area contributed by atoms with Gasteiger partial charge in [0.25, 0.3) is 0 Å². The van der Waals surface area contributed by atoms with Gasteiger partial charge in [0.2, 0.25) is 0 Å². The number of aromatic nitrogens is 3. The second kappa shape index (κ2) is 4.20. The molecule has 0 amide bonds. The van der Waals surface area contributed by atoms with E-state index in [1.807, 2.05) is 0 Å². The summed E-state index contributed by atoms with van der Waals surface area (Å²) in [6.45, 7) is 0. The van der Waals surface area contributed by atoms with Crippen LogP contribution < -0.4 is 5.73 Å². The first-order chi connectivity index (χ1) is 8.58. The Kier molecular flexibility index (Phi) is 2.79. The fourth-order valence-electron chi connectivity index (χ4n) is 1.94. The fourth-order valence-corrected chi connectivity index (χ4v) is 2.94. The lowest BCUT2D eigenvalue weighted by atomic mass is 10.2. The van der Waals surface area contributed by atoms with Gasteiger partial charge in [-0.15, -0.1) is 5.10 Å². The molecule has 0 aliphatic heterocycles. The Hall–Kier alpha value is -1.14. The van der Waals surface area contributed by atoms with E-state index in [0.29, 0.717) is 21.9 Å². The monoisotopic (exact) mass is 330 g/mol.